The van der Waals surface area contributed by atoms with Gasteiger partial charge in [0.1, 0.15) is 5.75 Å². The molecule has 126 valence electrons. The third-order valence-corrected chi connectivity index (χ3v) is 4.33. The molecule has 0 radical (unpaired) electrons. The van der Waals surface area contributed by atoms with E-state index in [1.807, 2.05) is 60.8 Å². The summed E-state index contributed by atoms with van der Waals surface area (Å²) in [5.41, 5.74) is 1.96. The SMILES string of the molecule is C#CC[C@H]1C(=O)N(c2ccc(OC)cc2)[C@H]1C=NCc1ccccc1. The fraction of sp³-hybridized carbons (Fsp3) is 0.238. The molecule has 0 saturated carbocycles. The van der Waals surface area contributed by atoms with Crippen LogP contribution < -0.4 is 9.64 Å². The molecule has 1 fully saturated rings. The number of hydrogen-bond donors (Lipinski definition) is 0. The van der Waals surface area contributed by atoms with Crippen molar-refractivity contribution in [3.63, 3.8) is 0 Å². The summed E-state index contributed by atoms with van der Waals surface area (Å²) in [4.78, 5) is 18.8. The molecule has 1 saturated heterocycles. The Hall–Kier alpha value is -3.06. The molecule has 25 heavy (non-hydrogen) atoms. The number of aliphatic imine (C=N–C) groups is 1. The Labute approximate surface area is 148 Å². The first kappa shape index (κ1) is 16.8. The Morgan fingerprint density at radius 1 is 1.20 bits per heavy atom. The maximum Gasteiger partial charge on any atom is 0.234 e. The highest BCUT2D eigenvalue weighted by Crippen LogP contribution is 2.34. The van der Waals surface area contributed by atoms with Gasteiger partial charge >= 0.3 is 0 Å². The minimum atomic E-state index is -0.202. The third kappa shape index (κ3) is 3.56. The van der Waals surface area contributed by atoms with Crippen LogP contribution in [0.2, 0.25) is 0 Å². The van der Waals surface area contributed by atoms with Crippen molar-refractivity contribution >= 4 is 17.8 Å². The predicted octanol–water partition coefficient (Wildman–Crippen LogP) is 3.32. The first-order chi connectivity index (χ1) is 12.2. The van der Waals surface area contributed by atoms with Gasteiger partial charge in [-0.25, -0.2) is 0 Å². The highest BCUT2D eigenvalue weighted by Gasteiger charge is 2.46. The summed E-state index contributed by atoms with van der Waals surface area (Å²) >= 11 is 0. The molecule has 2 aromatic carbocycles. The third-order valence-electron chi connectivity index (χ3n) is 4.33. The van der Waals surface area contributed by atoms with Crippen molar-refractivity contribution in [2.24, 2.45) is 10.9 Å². The maximum atomic E-state index is 12.5. The number of terminal acetylenes is 1. The number of benzene rings is 2. The molecule has 1 aliphatic heterocycles. The molecule has 3 rings (SSSR count). The number of anilines is 1. The second kappa shape index (κ2) is 7.67. The minimum absolute atomic E-state index is 0.0410. The summed E-state index contributed by atoms with van der Waals surface area (Å²) in [6.07, 6.45) is 7.70. The summed E-state index contributed by atoms with van der Waals surface area (Å²) in [5, 5.41) is 0. The van der Waals surface area contributed by atoms with Gasteiger partial charge in [0.05, 0.1) is 25.6 Å². The number of nitrogens with zero attached hydrogens (tertiary/aromatic N) is 2. The van der Waals surface area contributed by atoms with Gasteiger partial charge in [-0.05, 0) is 29.8 Å². The fourth-order valence-electron chi connectivity index (χ4n) is 2.97. The van der Waals surface area contributed by atoms with E-state index in [2.05, 4.69) is 10.9 Å². The first-order valence-electron chi connectivity index (χ1n) is 8.19. The van der Waals surface area contributed by atoms with Gasteiger partial charge in [0.2, 0.25) is 5.91 Å². The van der Waals surface area contributed by atoms with Gasteiger partial charge < -0.3 is 9.64 Å². The first-order valence-corrected chi connectivity index (χ1v) is 8.19. The lowest BCUT2D eigenvalue weighted by atomic mass is 9.85. The van der Waals surface area contributed by atoms with Crippen LogP contribution in [0.25, 0.3) is 0 Å². The minimum Gasteiger partial charge on any atom is -0.497 e. The van der Waals surface area contributed by atoms with Crippen LogP contribution in [0.1, 0.15) is 12.0 Å². The van der Waals surface area contributed by atoms with E-state index in [0.29, 0.717) is 13.0 Å². The van der Waals surface area contributed by atoms with Crippen LogP contribution in [0.15, 0.2) is 59.6 Å². The Bertz CT molecular complexity index is 791. The van der Waals surface area contributed by atoms with Crippen LogP contribution in [0, 0.1) is 18.3 Å². The number of carbonyl (C=O) groups excluding carboxylic acids is 1. The second-order valence-electron chi connectivity index (χ2n) is 5.89. The molecular formula is C21H20N2O2. The Kier molecular flexibility index (Phi) is 5.15. The number of carbonyl (C=O) groups is 1. The number of ether oxygens (including phenoxy) is 1. The van der Waals surface area contributed by atoms with Crippen LogP contribution in [-0.4, -0.2) is 25.3 Å². The number of β-lactam (4-membered cyclic amide) rings is 1. The van der Waals surface area contributed by atoms with E-state index >= 15 is 0 Å². The second-order valence-corrected chi connectivity index (χ2v) is 5.89. The van der Waals surface area contributed by atoms with E-state index in [0.717, 1.165) is 17.0 Å². The lowest BCUT2D eigenvalue weighted by Crippen LogP contribution is -2.62. The normalized spacial score (nSPS) is 19.5. The summed E-state index contributed by atoms with van der Waals surface area (Å²) < 4.78 is 5.17. The molecule has 1 aliphatic rings. The Morgan fingerprint density at radius 3 is 2.56 bits per heavy atom. The molecule has 0 N–H and O–H groups in total. The van der Waals surface area contributed by atoms with Gasteiger partial charge in [-0.15, -0.1) is 12.3 Å². The molecule has 2 atom stereocenters. The predicted molar refractivity (Wildman–Crippen MR) is 99.8 cm³/mol. The monoisotopic (exact) mass is 332 g/mol. The van der Waals surface area contributed by atoms with Crippen LogP contribution in [0.3, 0.4) is 0 Å². The lowest BCUT2D eigenvalue weighted by molar-refractivity contribution is -0.128. The topological polar surface area (TPSA) is 41.9 Å². The van der Waals surface area contributed by atoms with E-state index in [4.69, 9.17) is 11.2 Å². The number of hydrogen-bond acceptors (Lipinski definition) is 3. The molecule has 0 spiro atoms. The molecule has 0 aliphatic carbocycles. The molecule has 2 aromatic rings. The van der Waals surface area contributed by atoms with E-state index in [9.17, 15) is 4.79 Å². The van der Waals surface area contributed by atoms with E-state index in [1.54, 1.807) is 12.0 Å². The van der Waals surface area contributed by atoms with E-state index < -0.39 is 0 Å². The van der Waals surface area contributed by atoms with Crippen molar-refractivity contribution in [1.82, 2.24) is 0 Å². The molecule has 0 aromatic heterocycles. The zero-order valence-electron chi connectivity index (χ0n) is 14.1. The fourth-order valence-corrected chi connectivity index (χ4v) is 2.97. The number of amides is 1. The van der Waals surface area contributed by atoms with Crippen LogP contribution in [0.5, 0.6) is 5.75 Å². The van der Waals surface area contributed by atoms with E-state index in [-0.39, 0.29) is 17.9 Å². The van der Waals surface area contributed by atoms with Gasteiger partial charge in [0, 0.05) is 18.3 Å². The molecular weight excluding hydrogens is 312 g/mol. The van der Waals surface area contributed by atoms with Gasteiger partial charge in [-0.1, -0.05) is 30.3 Å². The zero-order chi connectivity index (χ0) is 17.6. The Balaban J connectivity index is 1.76. The highest BCUT2D eigenvalue weighted by atomic mass is 16.5. The van der Waals surface area contributed by atoms with Gasteiger partial charge in [0.25, 0.3) is 0 Å². The van der Waals surface area contributed by atoms with E-state index in [1.165, 1.54) is 0 Å². The molecule has 4 nitrogen and oxygen atoms in total. The Morgan fingerprint density at radius 2 is 1.92 bits per heavy atom. The van der Waals surface area contributed by atoms with Crippen molar-refractivity contribution < 1.29 is 9.53 Å². The van der Waals surface area contributed by atoms with Crippen molar-refractivity contribution in [1.29, 1.82) is 0 Å². The summed E-state index contributed by atoms with van der Waals surface area (Å²) in [6.45, 7) is 0.588. The van der Waals surface area contributed by atoms with Crippen molar-refractivity contribution in [3.8, 4) is 18.1 Å². The van der Waals surface area contributed by atoms with Gasteiger partial charge in [-0.3, -0.25) is 9.79 Å². The average molecular weight is 332 g/mol. The van der Waals surface area contributed by atoms with Crippen molar-refractivity contribution in [2.75, 3.05) is 12.0 Å². The summed E-state index contributed by atoms with van der Waals surface area (Å²) in [6, 6.07) is 17.3. The number of methoxy groups -OCH3 is 1. The maximum absolute atomic E-state index is 12.5. The quantitative estimate of drug-likeness (QED) is 0.463. The molecule has 4 heteroatoms. The van der Waals surface area contributed by atoms with Gasteiger partial charge in [0.15, 0.2) is 0 Å². The van der Waals surface area contributed by atoms with Gasteiger partial charge in [-0.2, -0.15) is 0 Å². The van der Waals surface area contributed by atoms with Crippen molar-refractivity contribution in [2.45, 2.75) is 19.0 Å². The van der Waals surface area contributed by atoms with Crippen LogP contribution in [-0.2, 0) is 11.3 Å². The number of rotatable bonds is 6. The molecule has 0 unspecified atom stereocenters. The molecule has 1 amide bonds. The largest absolute Gasteiger partial charge is 0.497 e. The van der Waals surface area contributed by atoms with Crippen molar-refractivity contribution in [3.05, 3.63) is 60.2 Å². The lowest BCUT2D eigenvalue weighted by Gasteiger charge is -2.44. The summed E-state index contributed by atoms with van der Waals surface area (Å²) in [5.74, 6) is 3.19. The standard InChI is InChI=1S/C21H20N2O2/c1-3-7-19-20(15-22-14-16-8-5-4-6-9-16)23(21(19)24)17-10-12-18(25-2)13-11-17/h1,4-6,8-13,15,19-20H,7,14H2,2H3/t19-,20+/m1/s1. The average Bonchev–Trinajstić information content (AvgIpc) is 2.66. The zero-order valence-corrected chi connectivity index (χ0v) is 14.1. The molecule has 0 bridgehead atoms. The molecule has 1 heterocycles. The highest BCUT2D eigenvalue weighted by molar-refractivity contribution is 6.09. The van der Waals surface area contributed by atoms with Crippen LogP contribution in [0.4, 0.5) is 5.69 Å². The smallest absolute Gasteiger partial charge is 0.234 e. The van der Waals surface area contributed by atoms with Crippen LogP contribution >= 0.6 is 0 Å². The summed E-state index contributed by atoms with van der Waals surface area (Å²) in [7, 11) is 1.62.